The number of esters is 1. The molecule has 0 saturated carbocycles. The predicted octanol–water partition coefficient (Wildman–Crippen LogP) is 3.54. The number of carbonyl (C=O) groups excluding carboxylic acids is 3. The molecule has 0 heterocycles. The zero-order chi connectivity index (χ0) is 27.8. The molecule has 0 bridgehead atoms. The maximum Gasteiger partial charge on any atom is 0.338 e. The molecule has 0 saturated heterocycles. The topological polar surface area (TPSA) is 131 Å². The Balaban J connectivity index is 1.71. The number of nitrogens with one attached hydrogen (secondary N) is 2. The van der Waals surface area contributed by atoms with Gasteiger partial charge in [-0.25, -0.2) is 4.79 Å². The number of hydrogen-bond acceptors (Lipinski definition) is 6. The van der Waals surface area contributed by atoms with E-state index in [1.54, 1.807) is 19.2 Å². The van der Waals surface area contributed by atoms with Crippen LogP contribution in [-0.4, -0.2) is 55.7 Å². The van der Waals surface area contributed by atoms with Crippen LogP contribution >= 0.6 is 0 Å². The number of hydrogen-bond donors (Lipinski definition) is 3. The van der Waals surface area contributed by atoms with Crippen molar-refractivity contribution in [1.82, 2.24) is 10.6 Å². The van der Waals surface area contributed by atoms with Crippen molar-refractivity contribution in [3.05, 3.63) is 65.2 Å². The highest BCUT2D eigenvalue weighted by molar-refractivity contribution is 5.89. The second kappa shape index (κ2) is 16.8. The first-order valence-electron chi connectivity index (χ1n) is 13.0. The lowest BCUT2D eigenvalue weighted by Gasteiger charge is -2.15. The second-order valence-electron chi connectivity index (χ2n) is 9.04. The fraction of sp³-hybridized carbons (Fsp3) is 0.448. The molecule has 0 aliphatic rings. The highest BCUT2D eigenvalue weighted by Crippen LogP contribution is 2.17. The predicted molar refractivity (Wildman–Crippen MR) is 143 cm³/mol. The Morgan fingerprint density at radius 1 is 0.895 bits per heavy atom. The first-order chi connectivity index (χ1) is 18.3. The average Bonchev–Trinajstić information content (AvgIpc) is 2.91. The highest BCUT2D eigenvalue weighted by atomic mass is 16.5. The van der Waals surface area contributed by atoms with Gasteiger partial charge in [0.1, 0.15) is 5.75 Å². The van der Waals surface area contributed by atoms with Crippen molar-refractivity contribution in [2.45, 2.75) is 51.9 Å². The number of ether oxygens (including phenoxy) is 2. The van der Waals surface area contributed by atoms with Crippen LogP contribution in [0.25, 0.3) is 0 Å². The van der Waals surface area contributed by atoms with E-state index in [9.17, 15) is 24.3 Å². The molecule has 9 heteroatoms. The third-order valence-corrected chi connectivity index (χ3v) is 6.05. The zero-order valence-corrected chi connectivity index (χ0v) is 22.2. The standard InChI is InChI=1S/C29H38N2O7/c1-3-4-18-38-29(36)23-12-8-22(9-13-23)16-17-30-26(32)20-31-28(35)24(19-27(33)34)7-5-6-21-10-14-25(37-2)15-11-21/h8-15,24H,3-7,16-20H2,1-2H3,(H,30,32)(H,31,35)(H,33,34)/t24-/m1/s1. The molecule has 2 aromatic carbocycles. The molecule has 0 spiro atoms. The fourth-order valence-electron chi connectivity index (χ4n) is 3.80. The van der Waals surface area contributed by atoms with E-state index in [-0.39, 0.29) is 24.8 Å². The summed E-state index contributed by atoms with van der Waals surface area (Å²) in [5, 5.41) is 14.5. The van der Waals surface area contributed by atoms with Crippen molar-refractivity contribution < 1.29 is 33.8 Å². The summed E-state index contributed by atoms with van der Waals surface area (Å²) in [6.45, 7) is 2.56. The van der Waals surface area contributed by atoms with Crippen LogP contribution in [0.5, 0.6) is 5.75 Å². The molecule has 206 valence electrons. The molecule has 2 amide bonds. The Hall–Kier alpha value is -3.88. The molecule has 2 aromatic rings. The summed E-state index contributed by atoms with van der Waals surface area (Å²) in [5.74, 6) is -2.17. The van der Waals surface area contributed by atoms with Crippen LogP contribution in [0.2, 0.25) is 0 Å². The average molecular weight is 527 g/mol. The Labute approximate surface area is 223 Å². The van der Waals surface area contributed by atoms with Crippen molar-refractivity contribution in [1.29, 1.82) is 0 Å². The molecule has 0 aliphatic carbocycles. The molecule has 0 unspecified atom stereocenters. The summed E-state index contributed by atoms with van der Waals surface area (Å²) >= 11 is 0. The van der Waals surface area contributed by atoms with Gasteiger partial charge >= 0.3 is 11.9 Å². The summed E-state index contributed by atoms with van der Waals surface area (Å²) in [6, 6.07) is 14.6. The van der Waals surface area contributed by atoms with E-state index in [4.69, 9.17) is 9.47 Å². The van der Waals surface area contributed by atoms with Gasteiger partial charge in [0.05, 0.1) is 32.2 Å². The largest absolute Gasteiger partial charge is 0.497 e. The zero-order valence-electron chi connectivity index (χ0n) is 22.2. The lowest BCUT2D eigenvalue weighted by molar-refractivity contribution is -0.141. The summed E-state index contributed by atoms with van der Waals surface area (Å²) in [7, 11) is 1.60. The number of rotatable bonds is 17. The minimum atomic E-state index is -1.06. The number of amides is 2. The number of aryl methyl sites for hydroxylation is 1. The van der Waals surface area contributed by atoms with Crippen LogP contribution in [0, 0.1) is 5.92 Å². The van der Waals surface area contributed by atoms with Crippen molar-refractivity contribution in [3.63, 3.8) is 0 Å². The van der Waals surface area contributed by atoms with Crippen LogP contribution in [0.1, 0.15) is 60.5 Å². The minimum absolute atomic E-state index is 0.226. The first-order valence-corrected chi connectivity index (χ1v) is 13.0. The van der Waals surface area contributed by atoms with Crippen molar-refractivity contribution in [2.24, 2.45) is 5.92 Å². The smallest absolute Gasteiger partial charge is 0.338 e. The lowest BCUT2D eigenvalue weighted by atomic mass is 9.95. The fourth-order valence-corrected chi connectivity index (χ4v) is 3.80. The molecule has 0 fully saturated rings. The van der Waals surface area contributed by atoms with Gasteiger partial charge in [0.25, 0.3) is 0 Å². The van der Waals surface area contributed by atoms with Gasteiger partial charge in [-0.05, 0) is 67.5 Å². The molecule has 38 heavy (non-hydrogen) atoms. The van der Waals surface area contributed by atoms with Crippen LogP contribution in [0.3, 0.4) is 0 Å². The van der Waals surface area contributed by atoms with E-state index in [2.05, 4.69) is 10.6 Å². The van der Waals surface area contributed by atoms with Gasteiger partial charge in [-0.2, -0.15) is 0 Å². The van der Waals surface area contributed by atoms with Crippen LogP contribution in [-0.2, 0) is 32.0 Å². The quantitative estimate of drug-likeness (QED) is 0.212. The van der Waals surface area contributed by atoms with E-state index in [0.29, 0.717) is 44.4 Å². The molecular formula is C29H38N2O7. The van der Waals surface area contributed by atoms with E-state index in [1.165, 1.54) is 0 Å². The van der Waals surface area contributed by atoms with Gasteiger partial charge in [-0.15, -0.1) is 0 Å². The normalized spacial score (nSPS) is 11.3. The Kier molecular flexibility index (Phi) is 13.4. The molecule has 0 aromatic heterocycles. The Morgan fingerprint density at radius 2 is 1.55 bits per heavy atom. The summed E-state index contributed by atoms with van der Waals surface area (Å²) < 4.78 is 10.3. The maximum absolute atomic E-state index is 12.6. The third-order valence-electron chi connectivity index (χ3n) is 6.05. The number of carboxylic acid groups (broad SMARTS) is 1. The van der Waals surface area contributed by atoms with E-state index in [1.807, 2.05) is 43.3 Å². The number of aliphatic carboxylic acids is 1. The lowest BCUT2D eigenvalue weighted by Crippen LogP contribution is -2.40. The summed E-state index contributed by atoms with van der Waals surface area (Å²) in [4.78, 5) is 48.0. The number of benzene rings is 2. The minimum Gasteiger partial charge on any atom is -0.497 e. The number of carboxylic acids is 1. The second-order valence-corrected chi connectivity index (χ2v) is 9.04. The van der Waals surface area contributed by atoms with Crippen LogP contribution in [0.15, 0.2) is 48.5 Å². The van der Waals surface area contributed by atoms with Gasteiger partial charge in [0, 0.05) is 12.5 Å². The summed E-state index contributed by atoms with van der Waals surface area (Å²) in [5.41, 5.74) is 2.50. The third kappa shape index (κ3) is 11.5. The van der Waals surface area contributed by atoms with Crippen molar-refractivity contribution in [2.75, 3.05) is 26.8 Å². The Morgan fingerprint density at radius 3 is 2.18 bits per heavy atom. The van der Waals surface area contributed by atoms with Gasteiger partial charge in [0.2, 0.25) is 11.8 Å². The van der Waals surface area contributed by atoms with E-state index in [0.717, 1.165) is 29.7 Å². The Bertz CT molecular complexity index is 1040. The van der Waals surface area contributed by atoms with Gasteiger partial charge < -0.3 is 25.2 Å². The molecule has 1 atom stereocenters. The van der Waals surface area contributed by atoms with Gasteiger partial charge in [-0.1, -0.05) is 37.6 Å². The maximum atomic E-state index is 12.6. The van der Waals surface area contributed by atoms with Crippen LogP contribution < -0.4 is 15.4 Å². The first kappa shape index (κ1) is 30.3. The number of carbonyl (C=O) groups is 4. The molecule has 3 N–H and O–H groups in total. The SMILES string of the molecule is CCCCOC(=O)c1ccc(CCNC(=O)CNC(=O)[C@H](CCCc2ccc(OC)cc2)CC(=O)O)cc1. The molecule has 2 rings (SSSR count). The van der Waals surface area contributed by atoms with E-state index < -0.39 is 17.8 Å². The molecule has 9 nitrogen and oxygen atoms in total. The molecule has 0 radical (unpaired) electrons. The van der Waals surface area contributed by atoms with Gasteiger partial charge in [0.15, 0.2) is 0 Å². The highest BCUT2D eigenvalue weighted by Gasteiger charge is 2.22. The molecular weight excluding hydrogens is 488 g/mol. The number of unbranched alkanes of at least 4 members (excludes halogenated alkanes) is 1. The van der Waals surface area contributed by atoms with E-state index >= 15 is 0 Å². The van der Waals surface area contributed by atoms with Crippen LogP contribution in [0.4, 0.5) is 0 Å². The monoisotopic (exact) mass is 526 g/mol. The van der Waals surface area contributed by atoms with Crippen molar-refractivity contribution >= 4 is 23.8 Å². The van der Waals surface area contributed by atoms with Gasteiger partial charge in [-0.3, -0.25) is 14.4 Å². The molecule has 0 aliphatic heterocycles. The number of methoxy groups -OCH3 is 1. The van der Waals surface area contributed by atoms with Crippen molar-refractivity contribution in [3.8, 4) is 5.75 Å². The summed E-state index contributed by atoms with van der Waals surface area (Å²) in [6.07, 6.45) is 3.78.